The van der Waals surface area contributed by atoms with E-state index in [1.807, 2.05) is 13.8 Å². The van der Waals surface area contributed by atoms with Crippen LogP contribution in [0.1, 0.15) is 19.4 Å². The highest BCUT2D eigenvalue weighted by Crippen LogP contribution is 2.06. The van der Waals surface area contributed by atoms with Gasteiger partial charge < -0.3 is 4.52 Å². The maximum Gasteiger partial charge on any atom is 0.312 e. The van der Waals surface area contributed by atoms with Gasteiger partial charge in [0.15, 0.2) is 0 Å². The van der Waals surface area contributed by atoms with E-state index in [1.54, 1.807) is 0 Å². The molecule has 0 spiro atoms. The highest BCUT2D eigenvalue weighted by Gasteiger charge is 2.08. The van der Waals surface area contributed by atoms with Crippen molar-refractivity contribution >= 4 is 0 Å². The Morgan fingerprint density at radius 2 is 1.80 bits per heavy atom. The lowest BCUT2D eigenvalue weighted by Crippen LogP contribution is -1.75. The second-order valence-corrected chi connectivity index (χ2v) is 1.37. The minimum Gasteiger partial charge on any atom is -0.323 e. The van der Waals surface area contributed by atoms with Crippen LogP contribution < -0.4 is 0 Å². The molecule has 0 saturated carbocycles. The molecule has 10 heavy (non-hydrogen) atoms. The van der Waals surface area contributed by atoms with Crippen LogP contribution in [0, 0.1) is 18.9 Å². The van der Waals surface area contributed by atoms with Crippen molar-refractivity contribution in [1.82, 2.24) is 5.16 Å². The van der Waals surface area contributed by atoms with Crippen LogP contribution in [0.5, 0.6) is 0 Å². The van der Waals surface area contributed by atoms with Crippen LogP contribution in [0.4, 0.5) is 8.78 Å². The van der Waals surface area contributed by atoms with Gasteiger partial charge in [-0.15, -0.1) is 0 Å². The third kappa shape index (κ3) is 1.79. The second-order valence-electron chi connectivity index (χ2n) is 1.37. The van der Waals surface area contributed by atoms with Crippen LogP contribution >= 0.6 is 0 Å². The molecule has 0 aromatic carbocycles. The molecule has 1 aromatic heterocycles. The SMILES string of the molecule is CC.Cc1c(F)noc1F. The Labute approximate surface area is 57.8 Å². The number of hydrogen-bond donors (Lipinski definition) is 0. The van der Waals surface area contributed by atoms with E-state index in [4.69, 9.17) is 0 Å². The van der Waals surface area contributed by atoms with Gasteiger partial charge in [-0.2, -0.15) is 8.78 Å². The Hall–Kier alpha value is -0.930. The summed E-state index contributed by atoms with van der Waals surface area (Å²) in [6.07, 6.45) is 0. The normalized spacial score (nSPS) is 8.50. The predicted molar refractivity (Wildman–Crippen MR) is 32.5 cm³/mol. The molecule has 0 unspecified atom stereocenters. The summed E-state index contributed by atoms with van der Waals surface area (Å²) in [5, 5.41) is 2.70. The van der Waals surface area contributed by atoms with E-state index in [0.717, 1.165) is 0 Å². The first-order valence-corrected chi connectivity index (χ1v) is 2.99. The van der Waals surface area contributed by atoms with E-state index < -0.39 is 12.0 Å². The first kappa shape index (κ1) is 9.07. The van der Waals surface area contributed by atoms with Crippen molar-refractivity contribution < 1.29 is 13.3 Å². The Morgan fingerprint density at radius 1 is 1.30 bits per heavy atom. The maximum absolute atomic E-state index is 11.9. The lowest BCUT2D eigenvalue weighted by molar-refractivity contribution is 0.268. The van der Waals surface area contributed by atoms with Gasteiger partial charge in [0.05, 0.1) is 5.56 Å². The minimum absolute atomic E-state index is 0.176. The van der Waals surface area contributed by atoms with Crippen molar-refractivity contribution in [2.24, 2.45) is 0 Å². The van der Waals surface area contributed by atoms with E-state index in [9.17, 15) is 8.78 Å². The van der Waals surface area contributed by atoms with Crippen LogP contribution in [-0.2, 0) is 0 Å². The number of rotatable bonds is 0. The molecule has 0 amide bonds. The monoisotopic (exact) mass is 149 g/mol. The van der Waals surface area contributed by atoms with Crippen molar-refractivity contribution in [3.63, 3.8) is 0 Å². The molecule has 2 nitrogen and oxygen atoms in total. The first-order chi connectivity index (χ1) is 4.72. The molecule has 1 rings (SSSR count). The van der Waals surface area contributed by atoms with Crippen molar-refractivity contribution in [3.8, 4) is 0 Å². The van der Waals surface area contributed by atoms with Crippen molar-refractivity contribution in [2.75, 3.05) is 0 Å². The topological polar surface area (TPSA) is 26.0 Å². The molecular formula is C6H9F2NO. The van der Waals surface area contributed by atoms with E-state index in [1.165, 1.54) is 6.92 Å². The molecule has 0 aliphatic rings. The minimum atomic E-state index is -0.956. The lowest BCUT2D eigenvalue weighted by Gasteiger charge is -1.73. The predicted octanol–water partition coefficient (Wildman–Crippen LogP) is 2.29. The molecule has 0 fully saturated rings. The van der Waals surface area contributed by atoms with E-state index in [-0.39, 0.29) is 5.56 Å². The van der Waals surface area contributed by atoms with Gasteiger partial charge in [-0.25, -0.2) is 0 Å². The van der Waals surface area contributed by atoms with Gasteiger partial charge in [-0.05, 0) is 12.1 Å². The molecule has 1 aromatic rings. The van der Waals surface area contributed by atoms with Crippen molar-refractivity contribution in [1.29, 1.82) is 0 Å². The van der Waals surface area contributed by atoms with Crippen LogP contribution in [-0.4, -0.2) is 5.16 Å². The Morgan fingerprint density at radius 3 is 1.90 bits per heavy atom. The van der Waals surface area contributed by atoms with Gasteiger partial charge in [-0.3, -0.25) is 0 Å². The summed E-state index contributed by atoms with van der Waals surface area (Å²) in [5.74, 6) is -0.887. The molecule has 4 heteroatoms. The molecule has 0 bridgehead atoms. The van der Waals surface area contributed by atoms with Crippen molar-refractivity contribution in [2.45, 2.75) is 20.8 Å². The van der Waals surface area contributed by atoms with E-state index >= 15 is 0 Å². The fraction of sp³-hybridized carbons (Fsp3) is 0.500. The zero-order chi connectivity index (χ0) is 8.15. The number of hydrogen-bond acceptors (Lipinski definition) is 2. The lowest BCUT2D eigenvalue weighted by atomic mass is 10.4. The van der Waals surface area contributed by atoms with Crippen LogP contribution in [0.3, 0.4) is 0 Å². The third-order valence-corrected chi connectivity index (χ3v) is 0.810. The summed E-state index contributed by atoms with van der Waals surface area (Å²) in [7, 11) is 0. The standard InChI is InChI=1S/C4H3F2NO.C2H6/c1-2-3(5)7-8-4(2)6;1-2/h1H3;1-2H3. The van der Waals surface area contributed by atoms with E-state index in [0.29, 0.717) is 0 Å². The molecule has 0 aliphatic heterocycles. The van der Waals surface area contributed by atoms with E-state index in [2.05, 4.69) is 9.68 Å². The first-order valence-electron chi connectivity index (χ1n) is 2.99. The molecule has 0 radical (unpaired) electrons. The summed E-state index contributed by atoms with van der Waals surface area (Å²) >= 11 is 0. The molecule has 0 aliphatic carbocycles. The number of halogens is 2. The summed E-state index contributed by atoms with van der Waals surface area (Å²) in [4.78, 5) is 0. The van der Waals surface area contributed by atoms with Crippen LogP contribution in [0.2, 0.25) is 0 Å². The molecule has 0 atom stereocenters. The number of aromatic nitrogens is 1. The summed E-state index contributed by atoms with van der Waals surface area (Å²) in [6.45, 7) is 5.25. The summed E-state index contributed by atoms with van der Waals surface area (Å²) < 4.78 is 27.6. The Kier molecular flexibility index (Phi) is 3.61. The summed E-state index contributed by atoms with van der Waals surface area (Å²) in [5.41, 5.74) is -0.176. The molecular weight excluding hydrogens is 140 g/mol. The third-order valence-electron chi connectivity index (χ3n) is 0.810. The Balaban J connectivity index is 0.000000371. The second kappa shape index (κ2) is 3.98. The van der Waals surface area contributed by atoms with Gasteiger partial charge in [0, 0.05) is 0 Å². The quantitative estimate of drug-likeness (QED) is 0.565. The van der Waals surface area contributed by atoms with Gasteiger partial charge in [0.1, 0.15) is 0 Å². The fourth-order valence-corrected chi connectivity index (χ4v) is 0.298. The largest absolute Gasteiger partial charge is 0.323 e. The molecule has 0 N–H and O–H groups in total. The fourth-order valence-electron chi connectivity index (χ4n) is 0.298. The summed E-state index contributed by atoms with van der Waals surface area (Å²) in [6, 6.07) is -0.956. The zero-order valence-electron chi connectivity index (χ0n) is 6.11. The van der Waals surface area contributed by atoms with Crippen LogP contribution in [0.15, 0.2) is 4.52 Å². The average Bonchev–Trinajstić information content (AvgIpc) is 2.25. The molecule has 0 saturated heterocycles. The number of nitrogens with zero attached hydrogens (tertiary/aromatic N) is 1. The van der Waals surface area contributed by atoms with Gasteiger partial charge in [-0.1, -0.05) is 13.8 Å². The Bertz CT molecular complexity index is 178. The molecule has 1 heterocycles. The molecule has 58 valence electrons. The highest BCUT2D eigenvalue weighted by molar-refractivity contribution is 5.00. The van der Waals surface area contributed by atoms with Gasteiger partial charge in [0.2, 0.25) is 0 Å². The van der Waals surface area contributed by atoms with Gasteiger partial charge >= 0.3 is 6.01 Å². The average molecular weight is 149 g/mol. The maximum atomic E-state index is 11.9. The zero-order valence-corrected chi connectivity index (χ0v) is 6.11. The smallest absolute Gasteiger partial charge is 0.312 e. The highest BCUT2D eigenvalue weighted by atomic mass is 19.1. The van der Waals surface area contributed by atoms with Crippen molar-refractivity contribution in [3.05, 3.63) is 17.5 Å². The van der Waals surface area contributed by atoms with Crippen LogP contribution in [0.25, 0.3) is 0 Å². The van der Waals surface area contributed by atoms with Gasteiger partial charge in [0.25, 0.3) is 5.95 Å².